The third kappa shape index (κ3) is 3.41. The number of hydrogen-bond acceptors (Lipinski definition) is 6. The first kappa shape index (κ1) is 13.6. The van der Waals surface area contributed by atoms with Crippen LogP contribution in [0.5, 0.6) is 17.4 Å². The Morgan fingerprint density at radius 3 is 2.71 bits per heavy atom. The largest absolute Gasteiger partial charge is 0.497 e. The maximum atomic E-state index is 5.78. The molecule has 2 aromatic rings. The number of aromatic nitrogens is 2. The maximum Gasteiger partial charge on any atom is 0.224 e. The van der Waals surface area contributed by atoms with Crippen LogP contribution in [0.15, 0.2) is 36.7 Å². The number of ether oxygens (including phenoxy) is 2. The Morgan fingerprint density at radius 1 is 1.10 bits per heavy atom. The summed E-state index contributed by atoms with van der Waals surface area (Å²) in [5.74, 6) is 2.87. The summed E-state index contributed by atoms with van der Waals surface area (Å²) in [6.45, 7) is 3.82. The van der Waals surface area contributed by atoms with Crippen molar-refractivity contribution in [2.75, 3.05) is 38.2 Å². The summed E-state index contributed by atoms with van der Waals surface area (Å²) in [5, 5.41) is 3.32. The lowest BCUT2D eigenvalue weighted by atomic mass is 10.3. The lowest BCUT2D eigenvalue weighted by Crippen LogP contribution is -2.43. The molecule has 0 saturated carbocycles. The van der Waals surface area contributed by atoms with Gasteiger partial charge in [0.25, 0.3) is 0 Å². The fourth-order valence-electron chi connectivity index (χ4n) is 2.24. The number of nitrogens with one attached hydrogen (secondary N) is 1. The van der Waals surface area contributed by atoms with E-state index in [2.05, 4.69) is 20.2 Å². The first-order valence-corrected chi connectivity index (χ1v) is 6.95. The third-order valence-corrected chi connectivity index (χ3v) is 3.33. The quantitative estimate of drug-likeness (QED) is 0.923. The van der Waals surface area contributed by atoms with Gasteiger partial charge in [0, 0.05) is 38.3 Å². The molecule has 110 valence electrons. The zero-order valence-corrected chi connectivity index (χ0v) is 12.0. The Balaban J connectivity index is 1.76. The van der Waals surface area contributed by atoms with Crippen LogP contribution in [0.4, 0.5) is 5.82 Å². The Labute approximate surface area is 123 Å². The van der Waals surface area contributed by atoms with Crippen molar-refractivity contribution in [1.82, 2.24) is 15.3 Å². The maximum absolute atomic E-state index is 5.78. The van der Waals surface area contributed by atoms with E-state index in [0.29, 0.717) is 11.6 Å². The molecule has 1 fully saturated rings. The average Bonchev–Trinajstić information content (AvgIpc) is 2.56. The molecule has 1 aliphatic rings. The van der Waals surface area contributed by atoms with Crippen molar-refractivity contribution in [3.63, 3.8) is 0 Å². The fourth-order valence-corrected chi connectivity index (χ4v) is 2.24. The van der Waals surface area contributed by atoms with Crippen LogP contribution >= 0.6 is 0 Å². The van der Waals surface area contributed by atoms with Crippen LogP contribution in [0.25, 0.3) is 0 Å². The molecule has 6 heteroatoms. The second-order valence-electron chi connectivity index (χ2n) is 4.73. The molecule has 21 heavy (non-hydrogen) atoms. The van der Waals surface area contributed by atoms with Gasteiger partial charge >= 0.3 is 0 Å². The van der Waals surface area contributed by atoms with Gasteiger partial charge in [0.1, 0.15) is 23.6 Å². The molecular formula is C15H18N4O2. The van der Waals surface area contributed by atoms with Gasteiger partial charge in [-0.3, -0.25) is 0 Å². The average molecular weight is 286 g/mol. The van der Waals surface area contributed by atoms with E-state index < -0.39 is 0 Å². The Hall–Kier alpha value is -2.34. The molecule has 1 N–H and O–H groups in total. The second-order valence-corrected chi connectivity index (χ2v) is 4.73. The molecule has 0 unspecified atom stereocenters. The molecule has 0 amide bonds. The second kappa shape index (κ2) is 6.41. The summed E-state index contributed by atoms with van der Waals surface area (Å²) in [5.41, 5.74) is 0. The first-order chi connectivity index (χ1) is 10.3. The Kier molecular flexibility index (Phi) is 4.16. The molecule has 6 nitrogen and oxygen atoms in total. The van der Waals surface area contributed by atoms with Crippen LogP contribution in [-0.2, 0) is 0 Å². The minimum absolute atomic E-state index is 0.534. The van der Waals surface area contributed by atoms with Crippen LogP contribution in [0, 0.1) is 0 Å². The minimum atomic E-state index is 0.534. The van der Waals surface area contributed by atoms with Crippen LogP contribution in [0.2, 0.25) is 0 Å². The van der Waals surface area contributed by atoms with Gasteiger partial charge in [-0.25, -0.2) is 9.97 Å². The van der Waals surface area contributed by atoms with Crippen molar-refractivity contribution in [2.45, 2.75) is 0 Å². The van der Waals surface area contributed by atoms with Gasteiger partial charge in [0.15, 0.2) is 0 Å². The highest BCUT2D eigenvalue weighted by Gasteiger charge is 2.13. The van der Waals surface area contributed by atoms with Crippen molar-refractivity contribution in [3.8, 4) is 17.4 Å². The topological polar surface area (TPSA) is 59.5 Å². The minimum Gasteiger partial charge on any atom is -0.497 e. The highest BCUT2D eigenvalue weighted by Crippen LogP contribution is 2.25. The molecule has 0 aliphatic carbocycles. The van der Waals surface area contributed by atoms with Crippen LogP contribution in [-0.4, -0.2) is 43.3 Å². The van der Waals surface area contributed by atoms with Crippen molar-refractivity contribution in [1.29, 1.82) is 0 Å². The van der Waals surface area contributed by atoms with Crippen LogP contribution in [0.1, 0.15) is 0 Å². The van der Waals surface area contributed by atoms with Crippen molar-refractivity contribution in [3.05, 3.63) is 36.7 Å². The molecule has 1 aromatic carbocycles. The Morgan fingerprint density at radius 2 is 1.90 bits per heavy atom. The summed E-state index contributed by atoms with van der Waals surface area (Å²) < 4.78 is 11.0. The first-order valence-electron chi connectivity index (χ1n) is 6.95. The lowest BCUT2D eigenvalue weighted by molar-refractivity contribution is 0.407. The molecule has 0 spiro atoms. The summed E-state index contributed by atoms with van der Waals surface area (Å²) in [6, 6.07) is 9.32. The Bertz CT molecular complexity index is 600. The predicted octanol–water partition coefficient (Wildman–Crippen LogP) is 1.69. The molecule has 1 aliphatic heterocycles. The van der Waals surface area contributed by atoms with E-state index in [-0.39, 0.29) is 0 Å². The van der Waals surface area contributed by atoms with Gasteiger partial charge in [0.2, 0.25) is 5.88 Å². The molecule has 1 saturated heterocycles. The predicted molar refractivity (Wildman–Crippen MR) is 80.2 cm³/mol. The summed E-state index contributed by atoms with van der Waals surface area (Å²) >= 11 is 0. The van der Waals surface area contributed by atoms with Gasteiger partial charge in [-0.2, -0.15) is 0 Å². The van der Waals surface area contributed by atoms with E-state index in [1.54, 1.807) is 7.11 Å². The fraction of sp³-hybridized carbons (Fsp3) is 0.333. The smallest absolute Gasteiger partial charge is 0.224 e. The highest BCUT2D eigenvalue weighted by atomic mass is 16.5. The van der Waals surface area contributed by atoms with E-state index in [4.69, 9.17) is 9.47 Å². The molecule has 0 atom stereocenters. The van der Waals surface area contributed by atoms with E-state index in [1.807, 2.05) is 30.3 Å². The number of hydrogen-bond donors (Lipinski definition) is 1. The van der Waals surface area contributed by atoms with Crippen molar-refractivity contribution >= 4 is 5.82 Å². The molecule has 2 heterocycles. The highest BCUT2D eigenvalue weighted by molar-refractivity contribution is 5.43. The lowest BCUT2D eigenvalue weighted by Gasteiger charge is -2.28. The van der Waals surface area contributed by atoms with Gasteiger partial charge in [-0.1, -0.05) is 6.07 Å². The number of rotatable bonds is 4. The molecule has 1 aromatic heterocycles. The molecule has 0 bridgehead atoms. The zero-order chi connectivity index (χ0) is 14.5. The van der Waals surface area contributed by atoms with Crippen molar-refractivity contribution < 1.29 is 9.47 Å². The number of benzene rings is 1. The van der Waals surface area contributed by atoms with E-state index in [0.717, 1.165) is 37.7 Å². The molecule has 0 radical (unpaired) electrons. The van der Waals surface area contributed by atoms with Gasteiger partial charge in [-0.15, -0.1) is 0 Å². The van der Waals surface area contributed by atoms with E-state index in [1.165, 1.54) is 6.33 Å². The number of nitrogens with zero attached hydrogens (tertiary/aromatic N) is 3. The summed E-state index contributed by atoms with van der Waals surface area (Å²) in [7, 11) is 1.63. The number of anilines is 1. The summed E-state index contributed by atoms with van der Waals surface area (Å²) in [4.78, 5) is 10.7. The van der Waals surface area contributed by atoms with E-state index >= 15 is 0 Å². The zero-order valence-electron chi connectivity index (χ0n) is 12.0. The number of methoxy groups -OCH3 is 1. The summed E-state index contributed by atoms with van der Waals surface area (Å²) in [6.07, 6.45) is 1.53. The third-order valence-electron chi connectivity index (χ3n) is 3.33. The van der Waals surface area contributed by atoms with Crippen molar-refractivity contribution in [2.24, 2.45) is 0 Å². The van der Waals surface area contributed by atoms with E-state index in [9.17, 15) is 0 Å². The monoisotopic (exact) mass is 286 g/mol. The SMILES string of the molecule is COc1cccc(Oc2cc(N3CCNCC3)ncn2)c1. The molecular weight excluding hydrogens is 268 g/mol. The van der Waals surface area contributed by atoms with Crippen LogP contribution in [0.3, 0.4) is 0 Å². The standard InChI is InChI=1S/C15H18N4O2/c1-20-12-3-2-4-13(9-12)21-15-10-14(17-11-18-15)19-7-5-16-6-8-19/h2-4,9-11,16H,5-8H2,1H3. The normalized spacial score (nSPS) is 14.8. The molecule has 3 rings (SSSR count). The van der Waals surface area contributed by atoms with Gasteiger partial charge in [-0.05, 0) is 12.1 Å². The number of piperazine rings is 1. The van der Waals surface area contributed by atoms with Crippen LogP contribution < -0.4 is 19.7 Å². The van der Waals surface area contributed by atoms with Gasteiger partial charge < -0.3 is 19.7 Å². The van der Waals surface area contributed by atoms with Gasteiger partial charge in [0.05, 0.1) is 7.11 Å².